The fourth-order valence-electron chi connectivity index (χ4n) is 1.63. The Labute approximate surface area is 134 Å². The van der Waals surface area contributed by atoms with Crippen LogP contribution in [-0.4, -0.2) is 11.7 Å². The van der Waals surface area contributed by atoms with Gasteiger partial charge in [0, 0.05) is 17.1 Å². The third kappa shape index (κ3) is 4.68. The number of carbonyl (C=O) groups is 1. The van der Waals surface area contributed by atoms with Crippen LogP contribution in [0.2, 0.25) is 5.02 Å². The molecule has 0 unspecified atom stereocenters. The average molecular weight is 346 g/mol. The van der Waals surface area contributed by atoms with Crippen LogP contribution < -0.4 is 5.32 Å². The summed E-state index contributed by atoms with van der Waals surface area (Å²) in [6.45, 7) is 0. The summed E-state index contributed by atoms with van der Waals surface area (Å²) in [6.07, 6.45) is 0.150. The predicted molar refractivity (Wildman–Crippen MR) is 81.7 cm³/mol. The Morgan fingerprint density at radius 2 is 1.86 bits per heavy atom. The van der Waals surface area contributed by atoms with E-state index in [9.17, 15) is 18.0 Å². The lowest BCUT2D eigenvalue weighted by molar-refractivity contribution is -0.115. The molecule has 0 aliphatic rings. The SMILES string of the molecule is O=C(CCSc1ccc(F)c(F)c1)Nc1ccc(F)cc1Cl. The molecule has 0 fully saturated rings. The fraction of sp³-hybridized carbons (Fsp3) is 0.133. The number of anilines is 1. The predicted octanol–water partition coefficient (Wildman–Crippen LogP) is 4.88. The molecule has 0 aliphatic carbocycles. The van der Waals surface area contributed by atoms with E-state index in [1.54, 1.807) is 0 Å². The molecule has 2 aromatic rings. The Hall–Kier alpha value is -1.66. The Morgan fingerprint density at radius 3 is 2.55 bits per heavy atom. The van der Waals surface area contributed by atoms with Gasteiger partial charge in [0.25, 0.3) is 0 Å². The van der Waals surface area contributed by atoms with Gasteiger partial charge in [-0.3, -0.25) is 4.79 Å². The van der Waals surface area contributed by atoms with Gasteiger partial charge in [-0.05, 0) is 36.4 Å². The van der Waals surface area contributed by atoms with Crippen molar-refractivity contribution >= 4 is 35.0 Å². The average Bonchev–Trinajstić information content (AvgIpc) is 2.46. The molecule has 2 aromatic carbocycles. The van der Waals surface area contributed by atoms with Gasteiger partial charge < -0.3 is 5.32 Å². The first-order valence-corrected chi connectivity index (χ1v) is 7.65. The molecule has 22 heavy (non-hydrogen) atoms. The lowest BCUT2D eigenvalue weighted by Crippen LogP contribution is -2.12. The van der Waals surface area contributed by atoms with Crippen LogP contribution in [0.25, 0.3) is 0 Å². The molecule has 0 aliphatic heterocycles. The van der Waals surface area contributed by atoms with E-state index >= 15 is 0 Å². The van der Waals surface area contributed by atoms with E-state index in [2.05, 4.69) is 5.32 Å². The van der Waals surface area contributed by atoms with Crippen molar-refractivity contribution in [3.63, 3.8) is 0 Å². The van der Waals surface area contributed by atoms with Crippen LogP contribution in [0.15, 0.2) is 41.3 Å². The molecule has 0 radical (unpaired) electrons. The first-order valence-electron chi connectivity index (χ1n) is 6.28. The molecular weight excluding hydrogens is 335 g/mol. The minimum absolute atomic E-state index is 0.113. The summed E-state index contributed by atoms with van der Waals surface area (Å²) in [4.78, 5) is 12.3. The number of carbonyl (C=O) groups excluding carboxylic acids is 1. The van der Waals surface area contributed by atoms with Crippen LogP contribution in [0.4, 0.5) is 18.9 Å². The molecule has 1 amide bonds. The molecule has 2 nitrogen and oxygen atoms in total. The Bertz CT molecular complexity index is 696. The van der Waals surface area contributed by atoms with Crippen molar-refractivity contribution in [2.24, 2.45) is 0 Å². The van der Waals surface area contributed by atoms with Gasteiger partial charge in [-0.2, -0.15) is 0 Å². The van der Waals surface area contributed by atoms with Crippen molar-refractivity contribution in [2.75, 3.05) is 11.1 Å². The zero-order chi connectivity index (χ0) is 16.1. The third-order valence-corrected chi connectivity index (χ3v) is 4.00. The molecular formula is C15H11ClF3NOS. The standard InChI is InChI=1S/C15H11ClF3NOS/c16-11-7-9(17)1-4-14(11)20-15(21)5-6-22-10-2-3-12(18)13(19)8-10/h1-4,7-8H,5-6H2,(H,20,21). The molecule has 0 aromatic heterocycles. The molecule has 0 atom stereocenters. The second-order valence-corrected chi connectivity index (χ2v) is 5.92. The molecule has 0 saturated carbocycles. The molecule has 7 heteroatoms. The van der Waals surface area contributed by atoms with Crippen molar-refractivity contribution in [3.8, 4) is 0 Å². The van der Waals surface area contributed by atoms with Gasteiger partial charge in [-0.1, -0.05) is 11.6 Å². The van der Waals surface area contributed by atoms with Gasteiger partial charge in [0.2, 0.25) is 5.91 Å². The van der Waals surface area contributed by atoms with Gasteiger partial charge >= 0.3 is 0 Å². The molecule has 0 spiro atoms. The largest absolute Gasteiger partial charge is 0.325 e. The number of amides is 1. The second kappa shape index (κ2) is 7.56. The van der Waals surface area contributed by atoms with Crippen molar-refractivity contribution in [1.82, 2.24) is 0 Å². The molecule has 0 heterocycles. The number of nitrogens with one attached hydrogen (secondary N) is 1. The number of rotatable bonds is 5. The molecule has 0 bridgehead atoms. The van der Waals surface area contributed by atoms with E-state index in [4.69, 9.17) is 11.6 Å². The maximum Gasteiger partial charge on any atom is 0.225 e. The fourth-order valence-corrected chi connectivity index (χ4v) is 2.72. The maximum absolute atomic E-state index is 13.0. The maximum atomic E-state index is 13.0. The molecule has 1 N–H and O–H groups in total. The van der Waals surface area contributed by atoms with Crippen LogP contribution >= 0.6 is 23.4 Å². The van der Waals surface area contributed by atoms with Crippen molar-refractivity contribution in [3.05, 3.63) is 58.9 Å². The minimum atomic E-state index is -0.924. The van der Waals surface area contributed by atoms with E-state index in [1.165, 1.54) is 30.0 Å². The number of thioether (sulfide) groups is 1. The summed E-state index contributed by atoms with van der Waals surface area (Å²) in [7, 11) is 0. The van der Waals surface area contributed by atoms with Crippen LogP contribution in [0.5, 0.6) is 0 Å². The normalized spacial score (nSPS) is 10.5. The van der Waals surface area contributed by atoms with E-state index < -0.39 is 17.5 Å². The van der Waals surface area contributed by atoms with E-state index in [-0.39, 0.29) is 17.4 Å². The van der Waals surface area contributed by atoms with Gasteiger partial charge in [-0.15, -0.1) is 11.8 Å². The van der Waals surface area contributed by atoms with E-state index in [0.29, 0.717) is 16.3 Å². The second-order valence-electron chi connectivity index (χ2n) is 4.35. The summed E-state index contributed by atoms with van der Waals surface area (Å²) in [5.74, 6) is -2.24. The van der Waals surface area contributed by atoms with Crippen LogP contribution in [0.3, 0.4) is 0 Å². The number of benzene rings is 2. The summed E-state index contributed by atoms with van der Waals surface area (Å²) in [6, 6.07) is 7.23. The zero-order valence-corrected chi connectivity index (χ0v) is 12.8. The van der Waals surface area contributed by atoms with E-state index in [0.717, 1.165) is 18.2 Å². The number of hydrogen-bond acceptors (Lipinski definition) is 2. The third-order valence-electron chi connectivity index (χ3n) is 2.69. The Morgan fingerprint density at radius 1 is 1.09 bits per heavy atom. The zero-order valence-electron chi connectivity index (χ0n) is 11.2. The first-order chi connectivity index (χ1) is 10.5. The van der Waals surface area contributed by atoms with Crippen molar-refractivity contribution < 1.29 is 18.0 Å². The smallest absolute Gasteiger partial charge is 0.225 e. The Kier molecular flexibility index (Phi) is 5.74. The van der Waals surface area contributed by atoms with Gasteiger partial charge in [0.1, 0.15) is 5.82 Å². The van der Waals surface area contributed by atoms with Crippen molar-refractivity contribution in [1.29, 1.82) is 0 Å². The van der Waals surface area contributed by atoms with Crippen LogP contribution in [0.1, 0.15) is 6.42 Å². The minimum Gasteiger partial charge on any atom is -0.325 e. The van der Waals surface area contributed by atoms with Gasteiger partial charge in [0.05, 0.1) is 10.7 Å². The summed E-state index contributed by atoms with van der Waals surface area (Å²) >= 11 is 7.03. The van der Waals surface area contributed by atoms with Gasteiger partial charge in [0.15, 0.2) is 11.6 Å². The Balaban J connectivity index is 1.83. The first kappa shape index (κ1) is 16.7. The quantitative estimate of drug-likeness (QED) is 0.783. The topological polar surface area (TPSA) is 29.1 Å². The molecule has 0 saturated heterocycles. The lowest BCUT2D eigenvalue weighted by Gasteiger charge is -2.07. The lowest BCUT2D eigenvalue weighted by atomic mass is 10.3. The summed E-state index contributed by atoms with van der Waals surface area (Å²) in [5, 5.41) is 2.67. The van der Waals surface area contributed by atoms with Crippen LogP contribution in [-0.2, 0) is 4.79 Å². The monoisotopic (exact) mass is 345 g/mol. The van der Waals surface area contributed by atoms with E-state index in [1.807, 2.05) is 0 Å². The highest BCUT2D eigenvalue weighted by Gasteiger charge is 2.08. The van der Waals surface area contributed by atoms with Crippen molar-refractivity contribution in [2.45, 2.75) is 11.3 Å². The number of hydrogen-bond donors (Lipinski definition) is 1. The summed E-state index contributed by atoms with van der Waals surface area (Å²) in [5.41, 5.74) is 0.325. The highest BCUT2D eigenvalue weighted by molar-refractivity contribution is 7.99. The van der Waals surface area contributed by atoms with Gasteiger partial charge in [-0.25, -0.2) is 13.2 Å². The number of halogens is 4. The summed E-state index contributed by atoms with van der Waals surface area (Å²) < 4.78 is 38.7. The molecule has 2 rings (SSSR count). The van der Waals surface area contributed by atoms with Crippen LogP contribution in [0, 0.1) is 17.5 Å². The molecule has 116 valence electrons. The highest BCUT2D eigenvalue weighted by atomic mass is 35.5. The highest BCUT2D eigenvalue weighted by Crippen LogP contribution is 2.24.